The fraction of sp³-hybridized carbons (Fsp3) is 0.588. The van der Waals surface area contributed by atoms with Gasteiger partial charge in [0.05, 0.1) is 22.9 Å². The number of urea groups is 1. The van der Waals surface area contributed by atoms with Gasteiger partial charge in [-0.05, 0) is 30.2 Å². The summed E-state index contributed by atoms with van der Waals surface area (Å²) in [5, 5.41) is 5.19. The maximum absolute atomic E-state index is 12.5. The number of rotatable bonds is 5. The average Bonchev–Trinajstić information content (AvgIpc) is 3.38. The van der Waals surface area contributed by atoms with Gasteiger partial charge in [0.1, 0.15) is 12.1 Å². The van der Waals surface area contributed by atoms with Crippen molar-refractivity contribution in [1.82, 2.24) is 20.2 Å². The van der Waals surface area contributed by atoms with Crippen molar-refractivity contribution in [1.29, 1.82) is 0 Å². The Morgan fingerprint density at radius 1 is 1.36 bits per heavy atom. The van der Waals surface area contributed by atoms with Crippen LogP contribution in [0, 0.1) is 5.92 Å². The quantitative estimate of drug-likeness (QED) is 0.881. The van der Waals surface area contributed by atoms with Crippen molar-refractivity contribution in [2.45, 2.75) is 18.9 Å². The van der Waals surface area contributed by atoms with Crippen molar-refractivity contribution in [3.63, 3.8) is 0 Å². The number of methoxy groups -OCH3 is 1. The van der Waals surface area contributed by atoms with E-state index in [2.05, 4.69) is 20.2 Å². The molecule has 7 nitrogen and oxygen atoms in total. The van der Waals surface area contributed by atoms with Gasteiger partial charge in [-0.25, -0.2) is 14.8 Å². The fourth-order valence-corrected chi connectivity index (χ4v) is 4.21. The molecule has 2 aromatic rings. The minimum atomic E-state index is 0.0255. The second-order valence-corrected chi connectivity index (χ2v) is 7.57. The highest BCUT2D eigenvalue weighted by Gasteiger charge is 2.33. The van der Waals surface area contributed by atoms with Gasteiger partial charge in [-0.15, -0.1) is 11.3 Å². The lowest BCUT2D eigenvalue weighted by molar-refractivity contribution is 0.146. The molecule has 4 rings (SSSR count). The monoisotopic (exact) mass is 361 g/mol. The first-order valence-corrected chi connectivity index (χ1v) is 9.62. The number of ether oxygens (including phenoxy) is 1. The number of hydrogen-bond acceptors (Lipinski definition) is 6. The largest absolute Gasteiger partial charge is 0.383 e. The molecule has 1 unspecified atom stereocenters. The molecule has 0 aromatic carbocycles. The zero-order valence-electron chi connectivity index (χ0n) is 14.4. The zero-order chi connectivity index (χ0) is 17.2. The van der Waals surface area contributed by atoms with E-state index in [-0.39, 0.29) is 12.1 Å². The summed E-state index contributed by atoms with van der Waals surface area (Å²) in [7, 11) is 1.69. The van der Waals surface area contributed by atoms with E-state index in [0.29, 0.717) is 25.6 Å². The zero-order valence-corrected chi connectivity index (χ0v) is 15.2. The lowest BCUT2D eigenvalue weighted by atomic mass is 10.2. The van der Waals surface area contributed by atoms with Crippen LogP contribution < -0.4 is 10.2 Å². The summed E-state index contributed by atoms with van der Waals surface area (Å²) in [4.78, 5) is 25.5. The molecule has 3 heterocycles. The first-order valence-electron chi connectivity index (χ1n) is 8.74. The molecule has 0 bridgehead atoms. The Bertz CT molecular complexity index is 739. The van der Waals surface area contributed by atoms with Gasteiger partial charge < -0.3 is 19.9 Å². The molecular weight excluding hydrogens is 338 g/mol. The van der Waals surface area contributed by atoms with Gasteiger partial charge >= 0.3 is 6.03 Å². The minimum absolute atomic E-state index is 0.0255. The minimum Gasteiger partial charge on any atom is -0.383 e. The molecule has 134 valence electrons. The van der Waals surface area contributed by atoms with E-state index in [9.17, 15) is 4.79 Å². The van der Waals surface area contributed by atoms with Crippen LogP contribution in [0.15, 0.2) is 17.8 Å². The van der Waals surface area contributed by atoms with Gasteiger partial charge in [0.15, 0.2) is 0 Å². The van der Waals surface area contributed by atoms with Crippen LogP contribution in [0.5, 0.6) is 0 Å². The predicted molar refractivity (Wildman–Crippen MR) is 98.1 cm³/mol. The molecular formula is C17H23N5O2S. The van der Waals surface area contributed by atoms with Crippen molar-refractivity contribution in [3.05, 3.63) is 17.8 Å². The lowest BCUT2D eigenvalue weighted by Crippen LogP contribution is -2.54. The first kappa shape index (κ1) is 16.5. The number of amides is 2. The summed E-state index contributed by atoms with van der Waals surface area (Å²) >= 11 is 1.67. The van der Waals surface area contributed by atoms with Crippen LogP contribution in [0.1, 0.15) is 12.8 Å². The number of hydrogen-bond donors (Lipinski definition) is 1. The number of piperazine rings is 1. The summed E-state index contributed by atoms with van der Waals surface area (Å²) in [5.74, 6) is 1.56. The Balaban J connectivity index is 1.36. The van der Waals surface area contributed by atoms with E-state index >= 15 is 0 Å². The highest BCUT2D eigenvalue weighted by atomic mass is 32.1. The molecule has 2 fully saturated rings. The van der Waals surface area contributed by atoms with Crippen molar-refractivity contribution in [3.8, 4) is 0 Å². The maximum atomic E-state index is 12.5. The average molecular weight is 361 g/mol. The number of carbonyl (C=O) groups is 1. The first-order chi connectivity index (χ1) is 12.3. The fourth-order valence-electron chi connectivity index (χ4n) is 3.35. The standard InChI is InChI=1S/C17H23N5O2S/c1-24-10-14(12-2-3-12)20-17(23)22-7-5-21(6-8-22)16-15-13(4-9-25-15)18-11-19-16/h4,9,11-12,14H,2-3,5-8,10H2,1H3,(H,20,23). The Kier molecular flexibility index (Phi) is 4.72. The Morgan fingerprint density at radius 3 is 2.88 bits per heavy atom. The van der Waals surface area contributed by atoms with Crippen molar-refractivity contribution < 1.29 is 9.53 Å². The van der Waals surface area contributed by atoms with Crippen LogP contribution in [0.3, 0.4) is 0 Å². The Hall–Kier alpha value is -1.93. The van der Waals surface area contributed by atoms with Crippen LogP contribution in [-0.4, -0.2) is 66.8 Å². The molecule has 1 atom stereocenters. The smallest absolute Gasteiger partial charge is 0.317 e. The van der Waals surface area contributed by atoms with Gasteiger partial charge in [-0.1, -0.05) is 0 Å². The Morgan fingerprint density at radius 2 is 2.16 bits per heavy atom. The van der Waals surface area contributed by atoms with Crippen molar-refractivity contribution >= 4 is 33.4 Å². The predicted octanol–water partition coefficient (Wildman–Crippen LogP) is 1.95. The van der Waals surface area contributed by atoms with Crippen LogP contribution in [0.25, 0.3) is 10.2 Å². The summed E-state index contributed by atoms with van der Waals surface area (Å²) in [6.07, 6.45) is 3.99. The van der Waals surface area contributed by atoms with Crippen LogP contribution in [-0.2, 0) is 4.74 Å². The summed E-state index contributed by atoms with van der Waals surface area (Å²) < 4.78 is 6.37. The van der Waals surface area contributed by atoms with Crippen LogP contribution in [0.4, 0.5) is 10.6 Å². The summed E-state index contributed by atoms with van der Waals surface area (Å²) in [6.45, 7) is 3.57. The van der Waals surface area contributed by atoms with Crippen LogP contribution >= 0.6 is 11.3 Å². The number of anilines is 1. The normalized spacial score (nSPS) is 19.2. The maximum Gasteiger partial charge on any atom is 0.317 e. The third-order valence-corrected chi connectivity index (χ3v) is 5.84. The van der Waals surface area contributed by atoms with Gasteiger partial charge in [-0.2, -0.15) is 0 Å². The molecule has 1 N–H and O–H groups in total. The number of nitrogens with one attached hydrogen (secondary N) is 1. The van der Waals surface area contributed by atoms with E-state index in [0.717, 1.165) is 29.1 Å². The second kappa shape index (κ2) is 7.13. The number of thiophene rings is 1. The van der Waals surface area contributed by atoms with Gasteiger partial charge in [-0.3, -0.25) is 0 Å². The van der Waals surface area contributed by atoms with E-state index in [1.807, 2.05) is 16.3 Å². The molecule has 25 heavy (non-hydrogen) atoms. The third-order valence-electron chi connectivity index (χ3n) is 4.94. The molecule has 8 heteroatoms. The third kappa shape index (κ3) is 3.55. The molecule has 1 saturated carbocycles. The molecule has 0 spiro atoms. The highest BCUT2D eigenvalue weighted by molar-refractivity contribution is 7.17. The van der Waals surface area contributed by atoms with E-state index in [4.69, 9.17) is 4.74 Å². The number of fused-ring (bicyclic) bond motifs is 1. The van der Waals surface area contributed by atoms with Crippen molar-refractivity contribution in [2.75, 3.05) is 44.8 Å². The molecule has 1 aliphatic carbocycles. The van der Waals surface area contributed by atoms with Crippen molar-refractivity contribution in [2.24, 2.45) is 5.92 Å². The molecule has 2 aliphatic rings. The van der Waals surface area contributed by atoms with Gasteiger partial charge in [0.25, 0.3) is 0 Å². The molecule has 1 saturated heterocycles. The van der Waals surface area contributed by atoms with Crippen LogP contribution in [0.2, 0.25) is 0 Å². The number of carbonyl (C=O) groups excluding carboxylic acids is 1. The summed E-state index contributed by atoms with van der Waals surface area (Å²) in [5.41, 5.74) is 0.988. The van der Waals surface area contributed by atoms with Gasteiger partial charge in [0.2, 0.25) is 0 Å². The number of aromatic nitrogens is 2. The molecule has 0 radical (unpaired) electrons. The van der Waals surface area contributed by atoms with Gasteiger partial charge in [0, 0.05) is 33.3 Å². The lowest BCUT2D eigenvalue weighted by Gasteiger charge is -2.36. The molecule has 2 aromatic heterocycles. The molecule has 2 amide bonds. The van der Waals surface area contributed by atoms with E-state index < -0.39 is 0 Å². The van der Waals surface area contributed by atoms with E-state index in [1.165, 1.54) is 12.8 Å². The second-order valence-electron chi connectivity index (χ2n) is 6.66. The van der Waals surface area contributed by atoms with E-state index in [1.54, 1.807) is 24.8 Å². The number of nitrogens with zero attached hydrogens (tertiary/aromatic N) is 4. The molecule has 1 aliphatic heterocycles. The Labute approximate surface area is 151 Å². The highest BCUT2D eigenvalue weighted by Crippen LogP contribution is 2.33. The SMILES string of the molecule is COCC(NC(=O)N1CCN(c2ncnc3ccsc23)CC1)C1CC1. The summed E-state index contributed by atoms with van der Waals surface area (Å²) in [6, 6.07) is 2.18. The topological polar surface area (TPSA) is 70.6 Å².